The van der Waals surface area contributed by atoms with Crippen molar-refractivity contribution in [3.63, 3.8) is 0 Å². The molecule has 182 valence electrons. The van der Waals surface area contributed by atoms with Crippen LogP contribution in [0.2, 0.25) is 0 Å². The van der Waals surface area contributed by atoms with Gasteiger partial charge in [0.15, 0.2) is 0 Å². The SMILES string of the molecule is CCCCCCCc1ccc(CCCCC(=O)N2CC(OP(=O)(O)O)C2)cc1C(F)(F)F. The summed E-state index contributed by atoms with van der Waals surface area (Å²) < 4.78 is 55.8. The van der Waals surface area contributed by atoms with Gasteiger partial charge in [-0.05, 0) is 49.3 Å². The fraction of sp³-hybridized carbons (Fsp3) is 0.682. The normalized spacial score (nSPS) is 15.1. The second kappa shape index (κ2) is 12.2. The molecule has 1 amide bonds. The van der Waals surface area contributed by atoms with Crippen molar-refractivity contribution in [1.82, 2.24) is 4.90 Å². The highest BCUT2D eigenvalue weighted by atomic mass is 31.2. The highest BCUT2D eigenvalue weighted by Crippen LogP contribution is 2.39. The average molecular weight is 479 g/mol. The molecule has 2 rings (SSSR count). The number of hydrogen-bond acceptors (Lipinski definition) is 3. The molecular formula is C22H33F3NO5P. The summed E-state index contributed by atoms with van der Waals surface area (Å²) in [6.07, 6.45) is 2.12. The average Bonchev–Trinajstić information content (AvgIpc) is 2.66. The van der Waals surface area contributed by atoms with Gasteiger partial charge >= 0.3 is 14.0 Å². The molecule has 10 heteroatoms. The number of rotatable bonds is 13. The molecule has 32 heavy (non-hydrogen) atoms. The van der Waals surface area contributed by atoms with E-state index in [1.807, 2.05) is 0 Å². The van der Waals surface area contributed by atoms with Crippen LogP contribution >= 0.6 is 7.82 Å². The van der Waals surface area contributed by atoms with Crippen molar-refractivity contribution in [1.29, 1.82) is 0 Å². The summed E-state index contributed by atoms with van der Waals surface area (Å²) in [4.78, 5) is 31.0. The number of benzene rings is 1. The first-order chi connectivity index (χ1) is 15.0. The zero-order chi connectivity index (χ0) is 23.8. The monoisotopic (exact) mass is 479 g/mol. The predicted molar refractivity (Wildman–Crippen MR) is 115 cm³/mol. The Kier molecular flexibility index (Phi) is 10.2. The first-order valence-electron chi connectivity index (χ1n) is 11.2. The number of amides is 1. The molecule has 1 aromatic rings. The van der Waals surface area contributed by atoms with E-state index in [1.165, 1.54) is 11.0 Å². The lowest BCUT2D eigenvalue weighted by Gasteiger charge is -2.38. The van der Waals surface area contributed by atoms with Gasteiger partial charge in [-0.3, -0.25) is 9.32 Å². The fourth-order valence-electron chi connectivity index (χ4n) is 3.85. The smallest absolute Gasteiger partial charge is 0.337 e. The van der Waals surface area contributed by atoms with Gasteiger partial charge in [0.2, 0.25) is 5.91 Å². The number of hydrogen-bond donors (Lipinski definition) is 2. The Labute approximate surface area is 187 Å². The third kappa shape index (κ3) is 9.22. The zero-order valence-electron chi connectivity index (χ0n) is 18.4. The van der Waals surface area contributed by atoms with E-state index in [-0.39, 0.29) is 25.4 Å². The van der Waals surface area contributed by atoms with E-state index in [9.17, 15) is 22.5 Å². The first-order valence-corrected chi connectivity index (χ1v) is 12.7. The summed E-state index contributed by atoms with van der Waals surface area (Å²) in [5.74, 6) is -0.148. The van der Waals surface area contributed by atoms with Crippen molar-refractivity contribution in [3.05, 3.63) is 34.9 Å². The van der Waals surface area contributed by atoms with Crippen LogP contribution in [0, 0.1) is 0 Å². The molecule has 0 saturated carbocycles. The molecule has 1 saturated heterocycles. The van der Waals surface area contributed by atoms with Gasteiger partial charge in [-0.1, -0.05) is 44.7 Å². The summed E-state index contributed by atoms with van der Waals surface area (Å²) in [5.41, 5.74) is 0.398. The molecule has 0 atom stereocenters. The van der Waals surface area contributed by atoms with E-state index in [0.29, 0.717) is 36.8 Å². The number of alkyl halides is 3. The minimum atomic E-state index is -4.55. The van der Waals surface area contributed by atoms with Gasteiger partial charge in [0.25, 0.3) is 0 Å². The van der Waals surface area contributed by atoms with Crippen LogP contribution in [0.15, 0.2) is 18.2 Å². The molecule has 1 heterocycles. The second-order valence-electron chi connectivity index (χ2n) is 8.38. The minimum absolute atomic E-state index is 0.138. The molecule has 1 aromatic carbocycles. The Balaban J connectivity index is 1.77. The molecule has 2 N–H and O–H groups in total. The number of carbonyl (C=O) groups is 1. The maximum Gasteiger partial charge on any atom is 0.469 e. The van der Waals surface area contributed by atoms with E-state index in [2.05, 4.69) is 11.4 Å². The van der Waals surface area contributed by atoms with Crippen LogP contribution < -0.4 is 0 Å². The van der Waals surface area contributed by atoms with E-state index in [1.54, 1.807) is 12.1 Å². The van der Waals surface area contributed by atoms with Crippen LogP contribution in [0.4, 0.5) is 13.2 Å². The van der Waals surface area contributed by atoms with E-state index >= 15 is 0 Å². The Bertz CT molecular complexity index is 790. The van der Waals surface area contributed by atoms with E-state index in [0.717, 1.165) is 32.1 Å². The topological polar surface area (TPSA) is 87.1 Å². The van der Waals surface area contributed by atoms with Crippen LogP contribution in [0.3, 0.4) is 0 Å². The lowest BCUT2D eigenvalue weighted by molar-refractivity contribution is -0.141. The number of unbranched alkanes of at least 4 members (excludes halogenated alkanes) is 5. The molecule has 0 spiro atoms. The molecular weight excluding hydrogens is 446 g/mol. The molecule has 0 bridgehead atoms. The van der Waals surface area contributed by atoms with Gasteiger partial charge in [-0.15, -0.1) is 0 Å². The molecule has 6 nitrogen and oxygen atoms in total. The quantitative estimate of drug-likeness (QED) is 0.298. The molecule has 1 fully saturated rings. The van der Waals surface area contributed by atoms with Crippen LogP contribution in [-0.4, -0.2) is 39.8 Å². The highest BCUT2D eigenvalue weighted by Gasteiger charge is 2.35. The Hall–Kier alpha value is -1.41. The minimum Gasteiger partial charge on any atom is -0.337 e. The Morgan fingerprint density at radius 2 is 1.75 bits per heavy atom. The molecule has 0 aliphatic carbocycles. The number of phosphoric ester groups is 1. The molecule has 0 radical (unpaired) electrons. The van der Waals surface area contributed by atoms with Crippen molar-refractivity contribution >= 4 is 13.7 Å². The molecule has 0 unspecified atom stereocenters. The maximum atomic E-state index is 13.5. The van der Waals surface area contributed by atoms with E-state index < -0.39 is 25.7 Å². The highest BCUT2D eigenvalue weighted by molar-refractivity contribution is 7.46. The molecule has 0 aromatic heterocycles. The van der Waals surface area contributed by atoms with Crippen LogP contribution in [0.5, 0.6) is 0 Å². The second-order valence-corrected chi connectivity index (χ2v) is 9.57. The van der Waals surface area contributed by atoms with Gasteiger partial charge < -0.3 is 14.7 Å². The van der Waals surface area contributed by atoms with Crippen molar-refractivity contribution in [3.8, 4) is 0 Å². The molecule has 1 aliphatic heterocycles. The van der Waals surface area contributed by atoms with Crippen LogP contribution in [0.25, 0.3) is 0 Å². The summed E-state index contributed by atoms with van der Waals surface area (Å²) in [6.45, 7) is 2.37. The first kappa shape index (κ1) is 26.8. The van der Waals surface area contributed by atoms with Gasteiger partial charge in [0, 0.05) is 19.5 Å². The third-order valence-corrected chi connectivity index (χ3v) is 6.20. The Morgan fingerprint density at radius 1 is 1.09 bits per heavy atom. The predicted octanol–water partition coefficient (Wildman–Crippen LogP) is 5.25. The number of halogens is 3. The van der Waals surface area contributed by atoms with Gasteiger partial charge in [0.1, 0.15) is 6.10 Å². The summed E-state index contributed by atoms with van der Waals surface area (Å²) >= 11 is 0. The fourth-order valence-corrected chi connectivity index (χ4v) is 4.37. The van der Waals surface area contributed by atoms with Crippen molar-refractivity contribution < 1.29 is 36.8 Å². The lowest BCUT2D eigenvalue weighted by Crippen LogP contribution is -2.54. The Morgan fingerprint density at radius 3 is 2.38 bits per heavy atom. The van der Waals surface area contributed by atoms with E-state index in [4.69, 9.17) is 9.79 Å². The number of likely N-dealkylation sites (tertiary alicyclic amines) is 1. The zero-order valence-corrected chi connectivity index (χ0v) is 19.3. The number of nitrogens with zero attached hydrogens (tertiary/aromatic N) is 1. The largest absolute Gasteiger partial charge is 0.469 e. The van der Waals surface area contributed by atoms with Crippen molar-refractivity contribution in [2.75, 3.05) is 13.1 Å². The summed E-state index contributed by atoms with van der Waals surface area (Å²) in [5, 5.41) is 0. The van der Waals surface area contributed by atoms with Gasteiger partial charge in [0.05, 0.1) is 5.56 Å². The van der Waals surface area contributed by atoms with Crippen molar-refractivity contribution in [2.24, 2.45) is 0 Å². The van der Waals surface area contributed by atoms with Crippen LogP contribution in [-0.2, 0) is 32.9 Å². The van der Waals surface area contributed by atoms with Gasteiger partial charge in [-0.25, -0.2) is 4.57 Å². The van der Waals surface area contributed by atoms with Gasteiger partial charge in [-0.2, -0.15) is 13.2 Å². The number of carbonyl (C=O) groups excluding carboxylic acids is 1. The van der Waals surface area contributed by atoms with Crippen LogP contribution in [0.1, 0.15) is 75.0 Å². The lowest BCUT2D eigenvalue weighted by atomic mass is 9.96. The summed E-state index contributed by atoms with van der Waals surface area (Å²) in [7, 11) is -4.55. The summed E-state index contributed by atoms with van der Waals surface area (Å²) in [6, 6.07) is 4.57. The van der Waals surface area contributed by atoms with Crippen molar-refractivity contribution in [2.45, 2.75) is 83.4 Å². The standard InChI is InChI=1S/C22H33F3NO5P/c1-2-3-4-5-6-10-18-13-12-17(14-20(18)22(23,24)25)9-7-8-11-21(27)26-15-19(16-26)31-32(28,29)30/h12-14,19H,2-11,15-16H2,1H3,(H2,28,29,30). The molecule has 1 aliphatic rings. The third-order valence-electron chi connectivity index (χ3n) is 5.62. The maximum absolute atomic E-state index is 13.5. The number of phosphoric acid groups is 1. The number of aryl methyl sites for hydroxylation is 2.